The fraction of sp³-hybridized carbons (Fsp3) is 0.586. The molecule has 5 rings (SSSR count). The Labute approximate surface area is 204 Å². The molecule has 0 saturated carbocycles. The Balaban J connectivity index is 1.54. The lowest BCUT2D eigenvalue weighted by Crippen LogP contribution is -2.33. The zero-order chi connectivity index (χ0) is 24.6. The van der Waals surface area contributed by atoms with Gasteiger partial charge in [-0.25, -0.2) is 0 Å². The Hall–Kier alpha value is -2.24. The number of rotatable bonds is 4. The van der Waals surface area contributed by atoms with Crippen LogP contribution in [-0.2, 0) is 17.3 Å². The van der Waals surface area contributed by atoms with Crippen LogP contribution in [0.2, 0.25) is 0 Å². The highest BCUT2D eigenvalue weighted by atomic mass is 16.7. The Morgan fingerprint density at radius 3 is 2.47 bits per heavy atom. The van der Waals surface area contributed by atoms with Crippen molar-refractivity contribution >= 4 is 0 Å². The van der Waals surface area contributed by atoms with Crippen LogP contribution < -0.4 is 14.2 Å². The minimum absolute atomic E-state index is 0.0271. The third kappa shape index (κ3) is 3.27. The maximum atomic E-state index is 11.6. The van der Waals surface area contributed by atoms with Gasteiger partial charge in [0, 0.05) is 18.2 Å². The second-order valence-corrected chi connectivity index (χ2v) is 11.6. The number of benzene rings is 2. The van der Waals surface area contributed by atoms with Crippen molar-refractivity contribution < 1.29 is 19.3 Å². The van der Waals surface area contributed by atoms with E-state index in [-0.39, 0.29) is 23.7 Å². The van der Waals surface area contributed by atoms with Crippen LogP contribution in [0.4, 0.5) is 0 Å². The van der Waals surface area contributed by atoms with Gasteiger partial charge in [-0.15, -0.1) is 0 Å². The summed E-state index contributed by atoms with van der Waals surface area (Å²) in [5, 5.41) is 11.6. The van der Waals surface area contributed by atoms with Gasteiger partial charge in [0.05, 0.1) is 13.2 Å². The second-order valence-electron chi connectivity index (χ2n) is 11.6. The first-order chi connectivity index (χ1) is 16.0. The first-order valence-electron chi connectivity index (χ1n) is 12.5. The second kappa shape index (κ2) is 7.89. The highest BCUT2D eigenvalue weighted by Gasteiger charge is 2.49. The molecule has 0 spiro atoms. The summed E-state index contributed by atoms with van der Waals surface area (Å²) in [5.41, 5.74) is 7.53. The SMILES string of the molecule is COc1c2c(cc3c1[C@H](C[C@H](O)c1cc4c(cc1C)C(C)(C)[C@@H](C)C4(C)C)N(C)CC3)OCO2. The molecule has 0 bridgehead atoms. The lowest BCUT2D eigenvalue weighted by Gasteiger charge is -2.37. The molecular formula is C29H39NO4. The molecule has 1 N–H and O–H groups in total. The van der Waals surface area contributed by atoms with E-state index >= 15 is 0 Å². The molecule has 0 amide bonds. The molecule has 5 heteroatoms. The highest BCUT2D eigenvalue weighted by Crippen LogP contribution is 2.55. The van der Waals surface area contributed by atoms with Crippen LogP contribution in [0, 0.1) is 12.8 Å². The summed E-state index contributed by atoms with van der Waals surface area (Å²) in [6, 6.07) is 6.75. The van der Waals surface area contributed by atoms with E-state index in [1.54, 1.807) is 7.11 Å². The van der Waals surface area contributed by atoms with Gasteiger partial charge in [0.25, 0.3) is 0 Å². The summed E-state index contributed by atoms with van der Waals surface area (Å²) in [6.07, 6.45) is 0.942. The van der Waals surface area contributed by atoms with Crippen molar-refractivity contribution in [1.29, 1.82) is 0 Å². The van der Waals surface area contributed by atoms with E-state index < -0.39 is 6.10 Å². The van der Waals surface area contributed by atoms with Crippen LogP contribution in [0.5, 0.6) is 17.2 Å². The van der Waals surface area contributed by atoms with Crippen molar-refractivity contribution in [3.8, 4) is 17.2 Å². The summed E-state index contributed by atoms with van der Waals surface area (Å²) < 4.78 is 17.3. The highest BCUT2D eigenvalue weighted by molar-refractivity contribution is 5.62. The number of aliphatic hydroxyl groups is 1. The molecule has 34 heavy (non-hydrogen) atoms. The molecule has 0 fully saturated rings. The Kier molecular flexibility index (Phi) is 5.45. The van der Waals surface area contributed by atoms with Crippen molar-refractivity contribution in [2.75, 3.05) is 27.5 Å². The van der Waals surface area contributed by atoms with Gasteiger partial charge < -0.3 is 19.3 Å². The van der Waals surface area contributed by atoms with Gasteiger partial charge in [0.2, 0.25) is 12.5 Å². The van der Waals surface area contributed by atoms with Crippen LogP contribution in [0.1, 0.15) is 86.6 Å². The van der Waals surface area contributed by atoms with E-state index in [9.17, 15) is 5.11 Å². The van der Waals surface area contributed by atoms with Gasteiger partial charge in [0.1, 0.15) is 0 Å². The molecule has 1 aliphatic carbocycles. The molecular weight excluding hydrogens is 426 g/mol. The fourth-order valence-corrected chi connectivity index (χ4v) is 6.68. The van der Waals surface area contributed by atoms with Crippen molar-refractivity contribution in [3.05, 3.63) is 51.6 Å². The number of hydrogen-bond donors (Lipinski definition) is 1. The lowest BCUT2D eigenvalue weighted by atomic mass is 9.71. The van der Waals surface area contributed by atoms with E-state index in [0.717, 1.165) is 35.6 Å². The molecule has 2 aromatic carbocycles. The zero-order valence-electron chi connectivity index (χ0n) is 21.9. The topological polar surface area (TPSA) is 51.2 Å². The largest absolute Gasteiger partial charge is 0.492 e. The number of fused-ring (bicyclic) bond motifs is 3. The third-order valence-electron chi connectivity index (χ3n) is 9.31. The average molecular weight is 466 g/mol. The quantitative estimate of drug-likeness (QED) is 0.638. The molecule has 3 atom stereocenters. The van der Waals surface area contributed by atoms with Gasteiger partial charge in [0.15, 0.2) is 11.5 Å². The number of aliphatic hydroxyl groups excluding tert-OH is 1. The van der Waals surface area contributed by atoms with E-state index in [1.807, 2.05) is 0 Å². The van der Waals surface area contributed by atoms with Gasteiger partial charge in [-0.3, -0.25) is 4.90 Å². The monoisotopic (exact) mass is 465 g/mol. The first-order valence-corrected chi connectivity index (χ1v) is 12.5. The number of methoxy groups -OCH3 is 1. The van der Waals surface area contributed by atoms with Crippen LogP contribution in [-0.4, -0.2) is 37.5 Å². The van der Waals surface area contributed by atoms with Crippen molar-refractivity contribution in [3.63, 3.8) is 0 Å². The first kappa shape index (κ1) is 23.5. The fourth-order valence-electron chi connectivity index (χ4n) is 6.68. The lowest BCUT2D eigenvalue weighted by molar-refractivity contribution is 0.107. The van der Waals surface area contributed by atoms with E-state index in [4.69, 9.17) is 14.2 Å². The number of aryl methyl sites for hydroxylation is 1. The maximum absolute atomic E-state index is 11.6. The minimum atomic E-state index is -0.575. The van der Waals surface area contributed by atoms with Crippen molar-refractivity contribution in [2.45, 2.75) is 77.4 Å². The third-order valence-corrected chi connectivity index (χ3v) is 9.31. The molecule has 184 valence electrons. The Morgan fingerprint density at radius 2 is 1.79 bits per heavy atom. The number of hydrogen-bond acceptors (Lipinski definition) is 5. The van der Waals surface area contributed by atoms with Gasteiger partial charge >= 0.3 is 0 Å². The Bertz CT molecular complexity index is 1140. The summed E-state index contributed by atoms with van der Waals surface area (Å²) in [4.78, 5) is 2.33. The smallest absolute Gasteiger partial charge is 0.231 e. The van der Waals surface area contributed by atoms with E-state index in [2.05, 4.69) is 71.7 Å². The van der Waals surface area contributed by atoms with E-state index in [0.29, 0.717) is 18.1 Å². The maximum Gasteiger partial charge on any atom is 0.231 e. The van der Waals surface area contributed by atoms with Crippen LogP contribution in [0.3, 0.4) is 0 Å². The van der Waals surface area contributed by atoms with E-state index in [1.165, 1.54) is 22.3 Å². The molecule has 0 saturated heterocycles. The van der Waals surface area contributed by atoms with Gasteiger partial charge in [-0.2, -0.15) is 0 Å². The number of nitrogens with zero attached hydrogens (tertiary/aromatic N) is 1. The van der Waals surface area contributed by atoms with Crippen molar-refractivity contribution in [1.82, 2.24) is 4.90 Å². The summed E-state index contributed by atoms with van der Waals surface area (Å²) in [5.74, 6) is 2.71. The number of likely N-dealkylation sites (N-methyl/N-ethyl adjacent to an activating group) is 1. The molecule has 3 aliphatic rings. The summed E-state index contributed by atoms with van der Waals surface area (Å²) >= 11 is 0. The normalized spacial score (nSPS) is 25.1. The van der Waals surface area contributed by atoms with Crippen molar-refractivity contribution in [2.24, 2.45) is 5.92 Å². The van der Waals surface area contributed by atoms with Crippen LogP contribution in [0.25, 0.3) is 0 Å². The number of ether oxygens (including phenoxy) is 3. The van der Waals surface area contributed by atoms with Gasteiger partial charge in [-0.1, -0.05) is 46.8 Å². The van der Waals surface area contributed by atoms with Gasteiger partial charge in [-0.05, 0) is 77.4 Å². The summed E-state index contributed by atoms with van der Waals surface area (Å²) in [7, 11) is 3.82. The van der Waals surface area contributed by atoms with Crippen LogP contribution in [0.15, 0.2) is 18.2 Å². The minimum Gasteiger partial charge on any atom is -0.492 e. The predicted molar refractivity (Wildman–Crippen MR) is 134 cm³/mol. The zero-order valence-corrected chi connectivity index (χ0v) is 21.9. The molecule has 0 aromatic heterocycles. The predicted octanol–water partition coefficient (Wildman–Crippen LogP) is 5.59. The molecule has 5 nitrogen and oxygen atoms in total. The Morgan fingerprint density at radius 1 is 1.12 bits per heavy atom. The molecule has 2 heterocycles. The molecule has 2 aliphatic heterocycles. The molecule has 0 radical (unpaired) electrons. The average Bonchev–Trinajstić information content (AvgIpc) is 3.30. The summed E-state index contributed by atoms with van der Waals surface area (Å²) in [6.45, 7) is 15.0. The molecule has 2 aromatic rings. The molecule has 0 unspecified atom stereocenters. The standard InChI is InChI=1S/C29H39NO4/c1-16-11-20-21(29(5,6)17(2)28(20,3)4)13-19(16)23(31)14-22-25-18(9-10-30(22)7)12-24-26(27(25)32-8)34-15-33-24/h11-13,17,22-23,31H,9-10,14-15H2,1-8H3/t17-,22+,23+/m1/s1. The van der Waals surface area contributed by atoms with Crippen LogP contribution >= 0.6 is 0 Å².